The summed E-state index contributed by atoms with van der Waals surface area (Å²) in [7, 11) is 0. The van der Waals surface area contributed by atoms with Crippen molar-refractivity contribution in [3.63, 3.8) is 0 Å². The summed E-state index contributed by atoms with van der Waals surface area (Å²) in [5.74, 6) is 0. The third kappa shape index (κ3) is 3.12. The van der Waals surface area contributed by atoms with Gasteiger partial charge in [0.05, 0.1) is 0 Å². The van der Waals surface area contributed by atoms with E-state index in [9.17, 15) is 4.79 Å². The molecule has 0 radical (unpaired) electrons. The molecule has 0 aliphatic heterocycles. The molecule has 0 saturated carbocycles. The molecule has 0 bridgehead atoms. The van der Waals surface area contributed by atoms with Gasteiger partial charge in [-0.15, -0.1) is 0 Å². The van der Waals surface area contributed by atoms with Crippen molar-refractivity contribution in [2.24, 2.45) is 5.73 Å². The number of hydrogen-bond acceptors (Lipinski definition) is 3. The van der Waals surface area contributed by atoms with Crippen LogP contribution in [0.15, 0.2) is 24.3 Å². The topological polar surface area (TPSA) is 43.1 Å². The molecule has 74 valence electrons. The summed E-state index contributed by atoms with van der Waals surface area (Å²) in [6.45, 7) is 2.07. The largest absolute Gasteiger partial charge is 0.384 e. The van der Waals surface area contributed by atoms with Crippen molar-refractivity contribution < 1.29 is 4.79 Å². The van der Waals surface area contributed by atoms with Crippen LogP contribution in [0.2, 0.25) is 0 Å². The third-order valence-electron chi connectivity index (χ3n) is 1.79. The number of rotatable bonds is 2. The maximum Gasteiger partial charge on any atom is 0.226 e. The molecule has 1 aromatic carbocycles. The summed E-state index contributed by atoms with van der Waals surface area (Å²) in [6, 6.07) is 7.47. The lowest BCUT2D eigenvalue weighted by Gasteiger charge is -2.00. The minimum Gasteiger partial charge on any atom is -0.384 e. The maximum absolute atomic E-state index is 11.5. The van der Waals surface area contributed by atoms with E-state index in [-0.39, 0.29) is 9.44 Å². The van der Waals surface area contributed by atoms with Crippen LogP contribution in [-0.4, -0.2) is 9.44 Å². The first-order valence-electron chi connectivity index (χ1n) is 4.24. The summed E-state index contributed by atoms with van der Waals surface area (Å²) < 4.78 is 0.162. The van der Waals surface area contributed by atoms with Crippen molar-refractivity contribution in [3.05, 3.63) is 35.4 Å². The van der Waals surface area contributed by atoms with Crippen LogP contribution >= 0.6 is 24.0 Å². The number of aryl methyl sites for hydroxylation is 1. The van der Waals surface area contributed by atoms with Crippen LogP contribution in [0.5, 0.6) is 0 Å². The number of hydrogen-bond donors (Lipinski definition) is 1. The first-order chi connectivity index (χ1) is 6.63. The molecule has 0 aromatic heterocycles. The average Bonchev–Trinajstić information content (AvgIpc) is 2.17. The molecule has 0 unspecified atom stereocenters. The normalized spacial score (nSPS) is 9.79. The molecule has 0 amide bonds. The smallest absolute Gasteiger partial charge is 0.226 e. The van der Waals surface area contributed by atoms with E-state index in [1.165, 1.54) is 5.56 Å². The predicted molar refractivity (Wildman–Crippen MR) is 64.5 cm³/mol. The van der Waals surface area contributed by atoms with Crippen molar-refractivity contribution in [1.29, 1.82) is 0 Å². The van der Waals surface area contributed by atoms with Gasteiger partial charge in [0.1, 0.15) is 4.32 Å². The van der Waals surface area contributed by atoms with Gasteiger partial charge in [0.25, 0.3) is 0 Å². The first kappa shape index (κ1) is 11.2. The van der Waals surface area contributed by atoms with Crippen LogP contribution in [-0.2, 0) is 6.42 Å². The predicted octanol–water partition coefficient (Wildman–Crippen LogP) is 2.37. The van der Waals surface area contributed by atoms with Gasteiger partial charge in [-0.25, -0.2) is 0 Å². The number of carbonyl (C=O) groups is 1. The number of thiocarbonyl (C=S) groups is 1. The molecule has 2 N–H and O–H groups in total. The summed E-state index contributed by atoms with van der Waals surface area (Å²) in [5.41, 5.74) is 7.11. The highest BCUT2D eigenvalue weighted by Crippen LogP contribution is 2.13. The molecular weight excluding hydrogens is 214 g/mol. The third-order valence-corrected chi connectivity index (χ3v) is 2.66. The van der Waals surface area contributed by atoms with Gasteiger partial charge in [-0.2, -0.15) is 0 Å². The lowest BCUT2D eigenvalue weighted by molar-refractivity contribution is 0.109. The van der Waals surface area contributed by atoms with Gasteiger partial charge in [-0.05, 0) is 23.7 Å². The Morgan fingerprint density at radius 1 is 1.43 bits per heavy atom. The van der Waals surface area contributed by atoms with Gasteiger partial charge in [0.15, 0.2) is 0 Å². The summed E-state index contributed by atoms with van der Waals surface area (Å²) in [6.07, 6.45) is 0.969. The van der Waals surface area contributed by atoms with Crippen molar-refractivity contribution in [1.82, 2.24) is 0 Å². The molecule has 1 aromatic rings. The van der Waals surface area contributed by atoms with E-state index in [0.29, 0.717) is 5.56 Å². The van der Waals surface area contributed by atoms with Crippen LogP contribution in [0.4, 0.5) is 0 Å². The standard InChI is InChI=1S/C10H11NOS2/c1-2-7-3-5-8(6-4-7)9(12)14-10(11)13/h3-6H,2H2,1H3,(H2,11,13). The highest BCUT2D eigenvalue weighted by Gasteiger charge is 2.07. The number of nitrogens with two attached hydrogens (primary N) is 1. The van der Waals surface area contributed by atoms with Gasteiger partial charge in [-0.3, -0.25) is 4.79 Å². The van der Waals surface area contributed by atoms with Gasteiger partial charge >= 0.3 is 0 Å². The molecule has 4 heteroatoms. The Kier molecular flexibility index (Phi) is 4.10. The SMILES string of the molecule is CCc1ccc(C(=O)SC(N)=S)cc1. The number of carbonyl (C=O) groups excluding carboxylic acids is 1. The fourth-order valence-electron chi connectivity index (χ4n) is 1.03. The Labute approximate surface area is 92.9 Å². The van der Waals surface area contributed by atoms with E-state index in [1.807, 2.05) is 12.1 Å². The van der Waals surface area contributed by atoms with Crippen molar-refractivity contribution in [2.75, 3.05) is 0 Å². The van der Waals surface area contributed by atoms with Crippen LogP contribution in [0, 0.1) is 0 Å². The van der Waals surface area contributed by atoms with E-state index in [0.717, 1.165) is 18.2 Å². The van der Waals surface area contributed by atoms with Crippen molar-refractivity contribution >= 4 is 33.4 Å². The van der Waals surface area contributed by atoms with Gasteiger partial charge in [0.2, 0.25) is 5.12 Å². The molecule has 0 aliphatic rings. The van der Waals surface area contributed by atoms with Crippen molar-refractivity contribution in [3.8, 4) is 0 Å². The number of benzene rings is 1. The first-order valence-corrected chi connectivity index (χ1v) is 5.46. The van der Waals surface area contributed by atoms with E-state index < -0.39 is 0 Å². The molecule has 0 fully saturated rings. The Morgan fingerprint density at radius 2 is 2.00 bits per heavy atom. The minimum absolute atomic E-state index is 0.0971. The Balaban J connectivity index is 2.76. The minimum atomic E-state index is -0.0971. The molecule has 0 spiro atoms. The summed E-state index contributed by atoms with van der Waals surface area (Å²) in [4.78, 5) is 11.5. The molecule has 0 atom stereocenters. The van der Waals surface area contributed by atoms with E-state index in [4.69, 9.17) is 5.73 Å². The van der Waals surface area contributed by atoms with E-state index in [2.05, 4.69) is 19.1 Å². The molecule has 0 heterocycles. The zero-order chi connectivity index (χ0) is 10.6. The second-order valence-electron chi connectivity index (χ2n) is 2.76. The highest BCUT2D eigenvalue weighted by molar-refractivity contribution is 8.33. The second-order valence-corrected chi connectivity index (χ2v) is 4.47. The fraction of sp³-hybridized carbons (Fsp3) is 0.200. The monoisotopic (exact) mass is 225 g/mol. The molecule has 0 aliphatic carbocycles. The van der Waals surface area contributed by atoms with E-state index >= 15 is 0 Å². The Hall–Kier alpha value is -0.870. The lowest BCUT2D eigenvalue weighted by atomic mass is 10.1. The van der Waals surface area contributed by atoms with Crippen LogP contribution < -0.4 is 5.73 Å². The van der Waals surface area contributed by atoms with Crippen LogP contribution in [0.25, 0.3) is 0 Å². The Morgan fingerprint density at radius 3 is 2.43 bits per heavy atom. The molecule has 14 heavy (non-hydrogen) atoms. The van der Waals surface area contributed by atoms with Crippen LogP contribution in [0.1, 0.15) is 22.8 Å². The lowest BCUT2D eigenvalue weighted by Crippen LogP contribution is -2.06. The fourth-order valence-corrected chi connectivity index (χ4v) is 1.69. The van der Waals surface area contributed by atoms with Gasteiger partial charge in [0, 0.05) is 5.56 Å². The van der Waals surface area contributed by atoms with E-state index in [1.54, 1.807) is 12.1 Å². The summed E-state index contributed by atoms with van der Waals surface area (Å²) in [5, 5.41) is -0.0971. The molecule has 1 rings (SSSR count). The molecule has 0 saturated heterocycles. The molecular formula is C10H11NOS2. The van der Waals surface area contributed by atoms with Gasteiger partial charge < -0.3 is 5.73 Å². The maximum atomic E-state index is 11.5. The highest BCUT2D eigenvalue weighted by atomic mass is 32.2. The average molecular weight is 225 g/mol. The second kappa shape index (κ2) is 5.12. The zero-order valence-corrected chi connectivity index (χ0v) is 9.45. The summed E-state index contributed by atoms with van der Waals surface area (Å²) >= 11 is 5.53. The van der Waals surface area contributed by atoms with Crippen molar-refractivity contribution in [2.45, 2.75) is 13.3 Å². The van der Waals surface area contributed by atoms with Gasteiger partial charge in [-0.1, -0.05) is 43.4 Å². The quantitative estimate of drug-likeness (QED) is 0.785. The zero-order valence-electron chi connectivity index (χ0n) is 7.82. The Bertz CT molecular complexity index is 346. The molecule has 2 nitrogen and oxygen atoms in total. The van der Waals surface area contributed by atoms with Crippen LogP contribution in [0.3, 0.4) is 0 Å². The number of thioether (sulfide) groups is 1.